The summed E-state index contributed by atoms with van der Waals surface area (Å²) in [5, 5.41) is 3.02. The number of hydrogen-bond donors (Lipinski definition) is 1. The lowest BCUT2D eigenvalue weighted by Crippen LogP contribution is -2.50. The second-order valence-corrected chi connectivity index (χ2v) is 7.59. The average molecular weight is 307 g/mol. The van der Waals surface area contributed by atoms with E-state index in [4.69, 9.17) is 0 Å². The molecule has 0 bridgehead atoms. The highest BCUT2D eigenvalue weighted by Gasteiger charge is 2.52. The van der Waals surface area contributed by atoms with Gasteiger partial charge in [-0.1, -0.05) is 13.8 Å². The predicted molar refractivity (Wildman–Crippen MR) is 85.2 cm³/mol. The van der Waals surface area contributed by atoms with Gasteiger partial charge in [0.1, 0.15) is 5.54 Å². The summed E-state index contributed by atoms with van der Waals surface area (Å²) in [6.45, 7) is 6.82. The van der Waals surface area contributed by atoms with E-state index in [0.29, 0.717) is 12.6 Å². The van der Waals surface area contributed by atoms with Crippen molar-refractivity contribution in [1.82, 2.24) is 15.1 Å². The van der Waals surface area contributed by atoms with Gasteiger partial charge >= 0.3 is 6.03 Å². The smallest absolute Gasteiger partial charge is 0.323 e. The van der Waals surface area contributed by atoms with Gasteiger partial charge in [-0.25, -0.2) is 9.69 Å². The summed E-state index contributed by atoms with van der Waals surface area (Å²) >= 11 is 0. The fourth-order valence-corrected chi connectivity index (χ4v) is 3.80. The van der Waals surface area contributed by atoms with E-state index in [-0.39, 0.29) is 11.9 Å². The van der Waals surface area contributed by atoms with Crippen LogP contribution in [0.5, 0.6) is 0 Å². The van der Waals surface area contributed by atoms with Crippen molar-refractivity contribution in [2.75, 3.05) is 19.8 Å². The Morgan fingerprint density at radius 2 is 1.91 bits per heavy atom. The van der Waals surface area contributed by atoms with Crippen molar-refractivity contribution >= 4 is 11.9 Å². The lowest BCUT2D eigenvalue weighted by molar-refractivity contribution is -0.134. The van der Waals surface area contributed by atoms with E-state index >= 15 is 0 Å². The third kappa shape index (κ3) is 3.14. The molecule has 3 amide bonds. The van der Waals surface area contributed by atoms with Crippen LogP contribution >= 0.6 is 0 Å². The van der Waals surface area contributed by atoms with Gasteiger partial charge in [-0.05, 0) is 63.3 Å². The fraction of sp³-hybridized carbons (Fsp3) is 0.882. The molecule has 5 nitrogen and oxygen atoms in total. The van der Waals surface area contributed by atoms with Crippen LogP contribution in [0.2, 0.25) is 0 Å². The molecule has 3 aliphatic rings. The van der Waals surface area contributed by atoms with E-state index in [1.165, 1.54) is 17.7 Å². The number of hydrogen-bond acceptors (Lipinski definition) is 3. The molecule has 0 aromatic carbocycles. The van der Waals surface area contributed by atoms with Crippen molar-refractivity contribution in [2.24, 2.45) is 11.8 Å². The van der Waals surface area contributed by atoms with Gasteiger partial charge < -0.3 is 5.32 Å². The van der Waals surface area contributed by atoms with Crippen molar-refractivity contribution in [3.63, 3.8) is 0 Å². The summed E-state index contributed by atoms with van der Waals surface area (Å²) in [6, 6.07) is -0.184. The first kappa shape index (κ1) is 15.8. The van der Waals surface area contributed by atoms with Crippen LogP contribution in [0.25, 0.3) is 0 Å². The van der Waals surface area contributed by atoms with Crippen LogP contribution < -0.4 is 5.32 Å². The lowest BCUT2D eigenvalue weighted by atomic mass is 9.77. The van der Waals surface area contributed by atoms with Crippen molar-refractivity contribution in [2.45, 2.75) is 64.3 Å². The van der Waals surface area contributed by atoms with Crippen LogP contribution in [0, 0.1) is 11.8 Å². The highest BCUT2D eigenvalue weighted by molar-refractivity contribution is 6.07. The number of amides is 3. The van der Waals surface area contributed by atoms with Gasteiger partial charge in [0.25, 0.3) is 5.91 Å². The molecular weight excluding hydrogens is 278 g/mol. The Bertz CT molecular complexity index is 439. The molecule has 1 saturated heterocycles. The Balaban J connectivity index is 1.65. The molecule has 0 unspecified atom stereocenters. The predicted octanol–water partition coefficient (Wildman–Crippen LogP) is 2.57. The van der Waals surface area contributed by atoms with Crippen LogP contribution in [0.4, 0.5) is 4.79 Å². The Morgan fingerprint density at radius 1 is 1.23 bits per heavy atom. The van der Waals surface area contributed by atoms with Gasteiger partial charge in [0, 0.05) is 6.54 Å². The van der Waals surface area contributed by atoms with Gasteiger partial charge in [0.15, 0.2) is 0 Å². The summed E-state index contributed by atoms with van der Waals surface area (Å²) in [6.07, 6.45) is 7.29. The molecule has 1 aliphatic heterocycles. The molecule has 1 spiro atoms. The highest BCUT2D eigenvalue weighted by atomic mass is 16.2. The van der Waals surface area contributed by atoms with Crippen molar-refractivity contribution in [3.05, 3.63) is 0 Å². The van der Waals surface area contributed by atoms with Crippen molar-refractivity contribution in [3.8, 4) is 0 Å². The molecule has 3 fully saturated rings. The van der Waals surface area contributed by atoms with E-state index in [9.17, 15) is 9.59 Å². The minimum atomic E-state index is -0.596. The Kier molecular flexibility index (Phi) is 4.44. The Morgan fingerprint density at radius 3 is 2.50 bits per heavy atom. The first-order valence-electron chi connectivity index (χ1n) is 8.90. The molecule has 0 aromatic heterocycles. The number of urea groups is 1. The van der Waals surface area contributed by atoms with E-state index in [0.717, 1.165) is 51.1 Å². The molecule has 2 aliphatic carbocycles. The quantitative estimate of drug-likeness (QED) is 0.767. The molecular formula is C17H29N3O2. The molecule has 0 aromatic rings. The molecule has 0 radical (unpaired) electrons. The maximum absolute atomic E-state index is 12.9. The zero-order valence-corrected chi connectivity index (χ0v) is 13.9. The standard InChI is InChI=1S/C17H29N3O2/c1-3-10-19(11-14-4-5-14)12-20-15(21)17(18-16(20)22)8-6-13(2)7-9-17/h13-14H,3-12H2,1-2H3,(H,18,22). The number of nitrogens with zero attached hydrogens (tertiary/aromatic N) is 2. The van der Waals surface area contributed by atoms with Gasteiger partial charge in [-0.2, -0.15) is 0 Å². The molecule has 1 heterocycles. The van der Waals surface area contributed by atoms with E-state index in [1.807, 2.05) is 0 Å². The second kappa shape index (κ2) is 6.19. The summed E-state index contributed by atoms with van der Waals surface area (Å²) in [5.41, 5.74) is -0.596. The maximum atomic E-state index is 12.9. The third-order valence-corrected chi connectivity index (χ3v) is 5.47. The lowest BCUT2D eigenvalue weighted by Gasteiger charge is -2.34. The first-order chi connectivity index (χ1) is 10.5. The van der Waals surface area contributed by atoms with E-state index in [2.05, 4.69) is 24.1 Å². The fourth-order valence-electron chi connectivity index (χ4n) is 3.80. The van der Waals surface area contributed by atoms with Gasteiger partial charge in [-0.3, -0.25) is 9.69 Å². The molecule has 1 N–H and O–H groups in total. The minimum Gasteiger partial charge on any atom is -0.323 e. The molecule has 5 heteroatoms. The maximum Gasteiger partial charge on any atom is 0.326 e. The third-order valence-electron chi connectivity index (χ3n) is 5.47. The Hall–Kier alpha value is -1.10. The van der Waals surface area contributed by atoms with Gasteiger partial charge in [0.05, 0.1) is 6.67 Å². The van der Waals surface area contributed by atoms with Crippen molar-refractivity contribution in [1.29, 1.82) is 0 Å². The normalized spacial score (nSPS) is 32.1. The van der Waals surface area contributed by atoms with Crippen LogP contribution in [0.3, 0.4) is 0 Å². The van der Waals surface area contributed by atoms with Gasteiger partial charge in [-0.15, -0.1) is 0 Å². The molecule has 2 saturated carbocycles. The monoisotopic (exact) mass is 307 g/mol. The average Bonchev–Trinajstić information content (AvgIpc) is 3.27. The first-order valence-corrected chi connectivity index (χ1v) is 8.90. The van der Waals surface area contributed by atoms with Crippen LogP contribution in [-0.2, 0) is 4.79 Å². The molecule has 22 heavy (non-hydrogen) atoms. The summed E-state index contributed by atoms with van der Waals surface area (Å²) in [7, 11) is 0. The molecule has 124 valence electrons. The van der Waals surface area contributed by atoms with Crippen LogP contribution in [0.1, 0.15) is 58.8 Å². The number of carbonyl (C=O) groups excluding carboxylic acids is 2. The number of nitrogens with one attached hydrogen (secondary N) is 1. The Labute approximate surface area is 133 Å². The minimum absolute atomic E-state index is 0.0151. The zero-order valence-electron chi connectivity index (χ0n) is 13.9. The topological polar surface area (TPSA) is 52.6 Å². The summed E-state index contributed by atoms with van der Waals surface area (Å²) < 4.78 is 0. The zero-order chi connectivity index (χ0) is 15.7. The van der Waals surface area contributed by atoms with Crippen LogP contribution in [-0.4, -0.2) is 47.0 Å². The number of carbonyl (C=O) groups is 2. The van der Waals surface area contributed by atoms with Crippen molar-refractivity contribution < 1.29 is 9.59 Å². The SMILES string of the molecule is CCCN(CC1CC1)CN1C(=O)NC2(CCC(C)CC2)C1=O. The van der Waals surface area contributed by atoms with Gasteiger partial charge in [0.2, 0.25) is 0 Å². The van der Waals surface area contributed by atoms with E-state index < -0.39 is 5.54 Å². The van der Waals surface area contributed by atoms with Crippen LogP contribution in [0.15, 0.2) is 0 Å². The summed E-state index contributed by atoms with van der Waals surface area (Å²) in [5.74, 6) is 1.45. The van der Waals surface area contributed by atoms with E-state index in [1.54, 1.807) is 0 Å². The molecule has 0 atom stereocenters. The second-order valence-electron chi connectivity index (χ2n) is 7.59. The number of imide groups is 1. The largest absolute Gasteiger partial charge is 0.326 e. The summed E-state index contributed by atoms with van der Waals surface area (Å²) in [4.78, 5) is 28.9. The molecule has 3 rings (SSSR count). The number of rotatable bonds is 6. The highest BCUT2D eigenvalue weighted by Crippen LogP contribution is 2.36.